The van der Waals surface area contributed by atoms with Crippen molar-refractivity contribution in [2.75, 3.05) is 19.7 Å². The first-order valence-corrected chi connectivity index (χ1v) is 12.8. The molecule has 1 aliphatic carbocycles. The molecule has 2 saturated heterocycles. The van der Waals surface area contributed by atoms with Crippen molar-refractivity contribution < 1.29 is 23.9 Å². The second kappa shape index (κ2) is 10.3. The predicted octanol–water partition coefficient (Wildman–Crippen LogP) is 2.85. The fourth-order valence-electron chi connectivity index (χ4n) is 5.73. The summed E-state index contributed by atoms with van der Waals surface area (Å²) in [5, 5.41) is 6.41. The number of carbonyl (C=O) groups excluding carboxylic acids is 4. The Balaban J connectivity index is 1.44. The zero-order valence-electron chi connectivity index (χ0n) is 19.9. The van der Waals surface area contributed by atoms with Gasteiger partial charge in [0.15, 0.2) is 6.61 Å². The van der Waals surface area contributed by atoms with Gasteiger partial charge in [0.2, 0.25) is 11.8 Å². The van der Waals surface area contributed by atoms with E-state index in [2.05, 4.69) is 10.6 Å². The molecule has 1 aromatic carbocycles. The quantitative estimate of drug-likeness (QED) is 0.509. The lowest BCUT2D eigenvalue weighted by Gasteiger charge is -2.30. The minimum Gasteiger partial charge on any atom is -0.482 e. The number of amides is 3. The van der Waals surface area contributed by atoms with Gasteiger partial charge in [-0.1, -0.05) is 43.5 Å². The number of hydrogen-bond acceptors (Lipinski definition) is 5. The highest BCUT2D eigenvalue weighted by Crippen LogP contribution is 2.42. The summed E-state index contributed by atoms with van der Waals surface area (Å²) in [6.07, 6.45) is 3.71. The predicted molar refractivity (Wildman–Crippen MR) is 131 cm³/mol. The SMILES string of the molecule is CC1(C)CNC(=O)[C@@H]1C[C@@H](C=O)NC(=O)[C@@H]1[C@H]2CCC[C@H]2CN1C(=O)COc1ccc(Cl)cc1Cl. The molecule has 5 atom stereocenters. The van der Waals surface area contributed by atoms with Crippen LogP contribution in [0.5, 0.6) is 5.75 Å². The third-order valence-electron chi connectivity index (χ3n) is 7.68. The summed E-state index contributed by atoms with van der Waals surface area (Å²) in [7, 11) is 0. The van der Waals surface area contributed by atoms with E-state index in [-0.39, 0.29) is 53.9 Å². The zero-order valence-corrected chi connectivity index (χ0v) is 21.4. The monoisotopic (exact) mass is 523 g/mol. The number of likely N-dealkylation sites (tertiary alicyclic amines) is 1. The van der Waals surface area contributed by atoms with E-state index in [4.69, 9.17) is 27.9 Å². The van der Waals surface area contributed by atoms with Crippen LogP contribution in [0, 0.1) is 23.2 Å². The highest BCUT2D eigenvalue weighted by Gasteiger charge is 2.50. The summed E-state index contributed by atoms with van der Waals surface area (Å²) in [4.78, 5) is 52.3. The lowest BCUT2D eigenvalue weighted by molar-refractivity contribution is -0.141. The second-order valence-electron chi connectivity index (χ2n) is 10.5. The molecule has 1 aromatic rings. The van der Waals surface area contributed by atoms with Crippen LogP contribution in [-0.2, 0) is 19.2 Å². The summed E-state index contributed by atoms with van der Waals surface area (Å²) in [5.41, 5.74) is -0.310. The number of carbonyl (C=O) groups is 4. The minimum absolute atomic E-state index is 0.0385. The first-order chi connectivity index (χ1) is 16.6. The lowest BCUT2D eigenvalue weighted by atomic mass is 9.78. The largest absolute Gasteiger partial charge is 0.482 e. The Morgan fingerprint density at radius 3 is 2.74 bits per heavy atom. The maximum Gasteiger partial charge on any atom is 0.261 e. The number of aldehydes is 1. The summed E-state index contributed by atoms with van der Waals surface area (Å²) in [6.45, 7) is 4.67. The summed E-state index contributed by atoms with van der Waals surface area (Å²) >= 11 is 12.1. The number of benzene rings is 1. The molecule has 3 fully saturated rings. The molecule has 2 aliphatic heterocycles. The van der Waals surface area contributed by atoms with Gasteiger partial charge in [0, 0.05) is 24.0 Å². The lowest BCUT2D eigenvalue weighted by Crippen LogP contribution is -2.53. The minimum atomic E-state index is -0.808. The van der Waals surface area contributed by atoms with Crippen molar-refractivity contribution in [2.45, 2.75) is 51.6 Å². The van der Waals surface area contributed by atoms with E-state index in [1.165, 1.54) is 6.07 Å². The molecule has 0 aromatic heterocycles. The molecule has 0 bridgehead atoms. The van der Waals surface area contributed by atoms with Crippen LogP contribution in [0.3, 0.4) is 0 Å². The molecule has 0 radical (unpaired) electrons. The first-order valence-electron chi connectivity index (χ1n) is 12.0. The van der Waals surface area contributed by atoms with E-state index < -0.39 is 12.1 Å². The van der Waals surface area contributed by atoms with Crippen molar-refractivity contribution >= 4 is 47.2 Å². The van der Waals surface area contributed by atoms with Gasteiger partial charge in [-0.25, -0.2) is 0 Å². The normalized spacial score (nSPS) is 27.8. The van der Waals surface area contributed by atoms with Gasteiger partial charge in [-0.15, -0.1) is 0 Å². The van der Waals surface area contributed by atoms with Crippen LogP contribution in [0.2, 0.25) is 10.0 Å². The van der Waals surface area contributed by atoms with Crippen LogP contribution in [0.4, 0.5) is 0 Å². The Kier molecular flexibility index (Phi) is 7.62. The molecule has 2 heterocycles. The van der Waals surface area contributed by atoms with Crippen molar-refractivity contribution in [3.8, 4) is 5.75 Å². The van der Waals surface area contributed by atoms with Gasteiger partial charge in [0.25, 0.3) is 5.91 Å². The molecule has 1 saturated carbocycles. The van der Waals surface area contributed by atoms with Gasteiger partial charge in [-0.3, -0.25) is 14.4 Å². The summed E-state index contributed by atoms with van der Waals surface area (Å²) < 4.78 is 5.63. The average molecular weight is 524 g/mol. The van der Waals surface area contributed by atoms with E-state index in [1.54, 1.807) is 17.0 Å². The molecule has 0 spiro atoms. The van der Waals surface area contributed by atoms with E-state index in [1.807, 2.05) is 13.8 Å². The maximum absolute atomic E-state index is 13.4. The number of nitrogens with zero attached hydrogens (tertiary/aromatic N) is 1. The molecule has 190 valence electrons. The van der Waals surface area contributed by atoms with Crippen LogP contribution in [-0.4, -0.2) is 60.7 Å². The van der Waals surface area contributed by atoms with Gasteiger partial charge in [0.1, 0.15) is 18.1 Å². The Hall–Kier alpha value is -2.32. The Morgan fingerprint density at radius 1 is 1.31 bits per heavy atom. The third-order valence-corrected chi connectivity index (χ3v) is 8.21. The van der Waals surface area contributed by atoms with E-state index in [9.17, 15) is 19.2 Å². The van der Waals surface area contributed by atoms with Gasteiger partial charge in [-0.05, 0) is 54.7 Å². The number of ether oxygens (including phenoxy) is 1. The molecule has 8 nitrogen and oxygen atoms in total. The maximum atomic E-state index is 13.4. The molecule has 10 heteroatoms. The van der Waals surface area contributed by atoms with Crippen molar-refractivity contribution in [2.24, 2.45) is 23.2 Å². The van der Waals surface area contributed by atoms with Crippen LogP contribution in [0.15, 0.2) is 18.2 Å². The number of hydrogen-bond donors (Lipinski definition) is 2. The van der Waals surface area contributed by atoms with Crippen LogP contribution in [0.1, 0.15) is 39.5 Å². The second-order valence-corrected chi connectivity index (χ2v) is 11.3. The first kappa shape index (κ1) is 25.8. The fourth-order valence-corrected chi connectivity index (χ4v) is 6.19. The highest BCUT2D eigenvalue weighted by molar-refractivity contribution is 6.35. The number of fused-ring (bicyclic) bond motifs is 1. The molecule has 2 N–H and O–H groups in total. The van der Waals surface area contributed by atoms with Crippen LogP contribution < -0.4 is 15.4 Å². The molecule has 0 unspecified atom stereocenters. The number of halogens is 2. The van der Waals surface area contributed by atoms with E-state index in [0.717, 1.165) is 19.3 Å². The fraction of sp³-hybridized carbons (Fsp3) is 0.600. The van der Waals surface area contributed by atoms with Crippen molar-refractivity contribution in [1.29, 1.82) is 0 Å². The smallest absolute Gasteiger partial charge is 0.261 e. The molecule has 3 amide bonds. The van der Waals surface area contributed by atoms with Gasteiger partial charge >= 0.3 is 0 Å². The highest BCUT2D eigenvalue weighted by atomic mass is 35.5. The van der Waals surface area contributed by atoms with Crippen LogP contribution in [0.25, 0.3) is 0 Å². The Labute approximate surface area is 215 Å². The molecular formula is C25H31Cl2N3O5. The number of rotatable bonds is 8. The van der Waals surface area contributed by atoms with Crippen molar-refractivity contribution in [3.63, 3.8) is 0 Å². The third kappa shape index (κ3) is 5.43. The zero-order chi connectivity index (χ0) is 25.3. The van der Waals surface area contributed by atoms with Gasteiger partial charge < -0.3 is 25.1 Å². The summed E-state index contributed by atoms with van der Waals surface area (Å²) in [5.74, 6) is -0.545. The molecule has 35 heavy (non-hydrogen) atoms. The summed E-state index contributed by atoms with van der Waals surface area (Å²) in [6, 6.07) is 3.26. The average Bonchev–Trinajstić information content (AvgIpc) is 3.46. The molecular weight excluding hydrogens is 493 g/mol. The standard InChI is InChI=1S/C25H31Cl2N3O5/c1-25(2)13-28-23(33)18(25)9-16(11-31)29-24(34)22-17-5-3-4-14(17)10-30(22)21(32)12-35-20-7-6-15(26)8-19(20)27/h6-8,11,14,16-18,22H,3-5,9-10,12-13H2,1-2H3,(H,28,33)(H,29,34)/t14-,16-,17-,18-,22-/m0/s1. The van der Waals surface area contributed by atoms with Crippen molar-refractivity contribution in [3.05, 3.63) is 28.2 Å². The molecule has 3 aliphatic rings. The topological polar surface area (TPSA) is 105 Å². The van der Waals surface area contributed by atoms with Gasteiger partial charge in [0.05, 0.1) is 11.1 Å². The van der Waals surface area contributed by atoms with E-state index >= 15 is 0 Å². The van der Waals surface area contributed by atoms with Crippen LogP contribution >= 0.6 is 23.2 Å². The molecule has 4 rings (SSSR count). The van der Waals surface area contributed by atoms with Crippen molar-refractivity contribution in [1.82, 2.24) is 15.5 Å². The Bertz CT molecular complexity index is 1020. The number of nitrogens with one attached hydrogen (secondary N) is 2. The van der Waals surface area contributed by atoms with E-state index in [0.29, 0.717) is 35.2 Å². The Morgan fingerprint density at radius 2 is 2.09 bits per heavy atom. The van der Waals surface area contributed by atoms with Gasteiger partial charge in [-0.2, -0.15) is 0 Å².